The summed E-state index contributed by atoms with van der Waals surface area (Å²) < 4.78 is 23.8. The van der Waals surface area contributed by atoms with Gasteiger partial charge in [0.2, 0.25) is 0 Å². The van der Waals surface area contributed by atoms with Gasteiger partial charge < -0.3 is 14.2 Å². The van der Waals surface area contributed by atoms with Crippen molar-refractivity contribution in [3.05, 3.63) is 82.7 Å². The van der Waals surface area contributed by atoms with Crippen molar-refractivity contribution in [2.24, 2.45) is 0 Å². The van der Waals surface area contributed by atoms with Gasteiger partial charge in [0.25, 0.3) is 5.91 Å². The summed E-state index contributed by atoms with van der Waals surface area (Å²) >= 11 is 0. The fourth-order valence-electron chi connectivity index (χ4n) is 4.97. The van der Waals surface area contributed by atoms with Gasteiger partial charge in [-0.2, -0.15) is 5.10 Å². The standard InChI is InChI=1S/C29H30FN5O3/c1-5-21-16-25(29(37)34-14-13-33-18(3)7-11-26(33)19(34)4)31-27-17-24(32-35(21)27)22-10-8-20(15-23(22)30)9-12-28(36)38-6-2/h7-12,15-17,19H,5-6,13-14H2,1-4H3/b12-9+. The van der Waals surface area contributed by atoms with Gasteiger partial charge in [0.1, 0.15) is 11.5 Å². The predicted molar refractivity (Wildman–Crippen MR) is 142 cm³/mol. The number of aromatic nitrogens is 4. The molecule has 0 saturated heterocycles. The van der Waals surface area contributed by atoms with Crippen LogP contribution in [0.2, 0.25) is 0 Å². The van der Waals surface area contributed by atoms with Gasteiger partial charge in [-0.15, -0.1) is 0 Å². The molecule has 0 bridgehead atoms. The van der Waals surface area contributed by atoms with E-state index in [4.69, 9.17) is 4.74 Å². The maximum absolute atomic E-state index is 15.1. The Hall–Kier alpha value is -4.27. The molecule has 8 nitrogen and oxygen atoms in total. The van der Waals surface area contributed by atoms with E-state index in [1.54, 1.807) is 35.7 Å². The van der Waals surface area contributed by atoms with Crippen LogP contribution in [0.1, 0.15) is 59.9 Å². The highest BCUT2D eigenvalue weighted by Crippen LogP contribution is 2.29. The summed E-state index contributed by atoms with van der Waals surface area (Å²) in [5.41, 5.74) is 5.19. The van der Waals surface area contributed by atoms with Crippen LogP contribution < -0.4 is 0 Å². The van der Waals surface area contributed by atoms with E-state index in [9.17, 15) is 9.59 Å². The number of esters is 1. The number of carbonyl (C=O) groups is 2. The number of rotatable bonds is 6. The molecule has 4 aromatic rings. The minimum atomic E-state index is -0.483. The van der Waals surface area contributed by atoms with E-state index in [1.165, 1.54) is 23.9 Å². The molecule has 0 aliphatic carbocycles. The summed E-state index contributed by atoms with van der Waals surface area (Å²) in [5.74, 6) is -1.09. The number of hydrogen-bond acceptors (Lipinski definition) is 5. The zero-order chi connectivity index (χ0) is 27.0. The third-order valence-electron chi connectivity index (χ3n) is 7.00. The van der Waals surface area contributed by atoms with Gasteiger partial charge in [0.15, 0.2) is 5.65 Å². The molecule has 1 amide bonds. The predicted octanol–water partition coefficient (Wildman–Crippen LogP) is 5.00. The Morgan fingerprint density at radius 2 is 1.95 bits per heavy atom. The zero-order valence-electron chi connectivity index (χ0n) is 21.9. The van der Waals surface area contributed by atoms with Crippen molar-refractivity contribution in [3.63, 3.8) is 0 Å². The SMILES string of the molecule is CCOC(=O)/C=C/c1ccc(-c2cc3nc(C(=O)N4CCn5c(C)ccc5C4C)cc(CC)n3n2)c(F)c1. The highest BCUT2D eigenvalue weighted by Gasteiger charge is 2.30. The Bertz CT molecular complexity index is 1570. The highest BCUT2D eigenvalue weighted by atomic mass is 19.1. The van der Waals surface area contributed by atoms with Crippen LogP contribution in [0.15, 0.2) is 48.5 Å². The molecule has 0 fully saturated rings. The van der Waals surface area contributed by atoms with Gasteiger partial charge in [0.05, 0.1) is 18.3 Å². The van der Waals surface area contributed by atoms with Crippen molar-refractivity contribution >= 4 is 23.6 Å². The van der Waals surface area contributed by atoms with Crippen molar-refractivity contribution in [1.29, 1.82) is 0 Å². The maximum atomic E-state index is 15.1. The number of benzene rings is 1. The molecule has 0 saturated carbocycles. The molecule has 4 heterocycles. The Kier molecular flexibility index (Phi) is 6.84. The highest BCUT2D eigenvalue weighted by molar-refractivity contribution is 5.93. The van der Waals surface area contributed by atoms with Crippen molar-refractivity contribution in [3.8, 4) is 11.3 Å². The van der Waals surface area contributed by atoms with Crippen LogP contribution in [-0.2, 0) is 22.5 Å². The fraction of sp³-hybridized carbons (Fsp3) is 0.310. The number of ether oxygens (including phenoxy) is 1. The van der Waals surface area contributed by atoms with Crippen molar-refractivity contribution in [1.82, 2.24) is 24.1 Å². The number of amides is 1. The number of hydrogen-bond donors (Lipinski definition) is 0. The Labute approximate surface area is 220 Å². The van der Waals surface area contributed by atoms with Gasteiger partial charge in [-0.3, -0.25) is 4.79 Å². The molecule has 1 aromatic carbocycles. The summed E-state index contributed by atoms with van der Waals surface area (Å²) in [7, 11) is 0. The second-order valence-electron chi connectivity index (χ2n) is 9.34. The minimum Gasteiger partial charge on any atom is -0.463 e. The molecule has 1 aliphatic rings. The van der Waals surface area contributed by atoms with E-state index in [0.29, 0.717) is 41.1 Å². The van der Waals surface area contributed by atoms with Crippen molar-refractivity contribution in [2.75, 3.05) is 13.2 Å². The molecule has 0 radical (unpaired) electrons. The topological polar surface area (TPSA) is 81.7 Å². The summed E-state index contributed by atoms with van der Waals surface area (Å²) in [4.78, 5) is 31.6. The van der Waals surface area contributed by atoms with Crippen LogP contribution in [0.4, 0.5) is 4.39 Å². The largest absolute Gasteiger partial charge is 0.463 e. The Morgan fingerprint density at radius 1 is 1.13 bits per heavy atom. The molecule has 38 heavy (non-hydrogen) atoms. The lowest BCUT2D eigenvalue weighted by Crippen LogP contribution is -2.41. The second kappa shape index (κ2) is 10.2. The van der Waals surface area contributed by atoms with Crippen LogP contribution in [0.25, 0.3) is 23.0 Å². The number of nitrogens with zero attached hydrogens (tertiary/aromatic N) is 5. The van der Waals surface area contributed by atoms with E-state index in [1.807, 2.05) is 18.7 Å². The van der Waals surface area contributed by atoms with Crippen LogP contribution in [0.3, 0.4) is 0 Å². The molecule has 1 unspecified atom stereocenters. The third kappa shape index (κ3) is 4.60. The average Bonchev–Trinajstić information content (AvgIpc) is 3.51. The summed E-state index contributed by atoms with van der Waals surface area (Å²) in [6.07, 6.45) is 3.39. The molecule has 196 valence electrons. The van der Waals surface area contributed by atoms with Gasteiger partial charge >= 0.3 is 5.97 Å². The first-order valence-electron chi connectivity index (χ1n) is 12.8. The lowest BCUT2D eigenvalue weighted by molar-refractivity contribution is -0.137. The fourth-order valence-corrected chi connectivity index (χ4v) is 4.97. The zero-order valence-corrected chi connectivity index (χ0v) is 21.9. The first-order valence-corrected chi connectivity index (χ1v) is 12.8. The van der Waals surface area contributed by atoms with Gasteiger partial charge in [0, 0.05) is 47.9 Å². The molecule has 3 aromatic heterocycles. The van der Waals surface area contributed by atoms with Crippen LogP contribution in [0, 0.1) is 12.7 Å². The molecular weight excluding hydrogens is 485 g/mol. The molecule has 9 heteroatoms. The molecule has 1 atom stereocenters. The lowest BCUT2D eigenvalue weighted by atomic mass is 10.1. The normalized spacial score (nSPS) is 15.3. The van der Waals surface area contributed by atoms with Gasteiger partial charge in [-0.05, 0) is 69.2 Å². The first kappa shape index (κ1) is 25.4. The van der Waals surface area contributed by atoms with E-state index in [2.05, 4.69) is 33.7 Å². The van der Waals surface area contributed by atoms with Crippen LogP contribution in [-0.4, -0.2) is 49.1 Å². The lowest BCUT2D eigenvalue weighted by Gasteiger charge is -2.35. The molecule has 5 rings (SSSR count). The average molecular weight is 516 g/mol. The maximum Gasteiger partial charge on any atom is 0.330 e. The van der Waals surface area contributed by atoms with Crippen LogP contribution >= 0.6 is 0 Å². The summed E-state index contributed by atoms with van der Waals surface area (Å²) in [6.45, 7) is 9.43. The van der Waals surface area contributed by atoms with Crippen molar-refractivity contribution in [2.45, 2.75) is 46.7 Å². The second-order valence-corrected chi connectivity index (χ2v) is 9.34. The summed E-state index contributed by atoms with van der Waals surface area (Å²) in [5, 5.41) is 4.60. The molecular formula is C29H30FN5O3. The Balaban J connectivity index is 1.45. The molecule has 0 N–H and O–H groups in total. The van der Waals surface area contributed by atoms with E-state index in [0.717, 1.165) is 17.9 Å². The van der Waals surface area contributed by atoms with Crippen LogP contribution in [0.5, 0.6) is 0 Å². The number of halogens is 1. The smallest absolute Gasteiger partial charge is 0.330 e. The number of fused-ring (bicyclic) bond motifs is 2. The van der Waals surface area contributed by atoms with E-state index < -0.39 is 11.8 Å². The summed E-state index contributed by atoms with van der Waals surface area (Å²) in [6, 6.07) is 12.2. The molecule has 1 aliphatic heterocycles. The minimum absolute atomic E-state index is 0.0704. The first-order chi connectivity index (χ1) is 18.3. The van der Waals surface area contributed by atoms with Gasteiger partial charge in [-0.1, -0.05) is 13.0 Å². The molecule has 0 spiro atoms. The number of aryl methyl sites for hydroxylation is 2. The Morgan fingerprint density at radius 3 is 2.68 bits per heavy atom. The quantitative estimate of drug-likeness (QED) is 0.267. The van der Waals surface area contributed by atoms with E-state index >= 15 is 4.39 Å². The number of carbonyl (C=O) groups excluding carboxylic acids is 2. The monoisotopic (exact) mass is 515 g/mol. The van der Waals surface area contributed by atoms with Gasteiger partial charge in [-0.25, -0.2) is 18.7 Å². The van der Waals surface area contributed by atoms with E-state index in [-0.39, 0.29) is 18.6 Å². The van der Waals surface area contributed by atoms with Crippen molar-refractivity contribution < 1.29 is 18.7 Å². The third-order valence-corrected chi connectivity index (χ3v) is 7.00.